The number of esters is 1. The van der Waals surface area contributed by atoms with Gasteiger partial charge in [0.15, 0.2) is 0 Å². The average Bonchev–Trinajstić information content (AvgIpc) is 3.16. The van der Waals surface area contributed by atoms with E-state index in [0.717, 1.165) is 4.90 Å². The van der Waals surface area contributed by atoms with Gasteiger partial charge in [0.2, 0.25) is 0 Å². The lowest BCUT2D eigenvalue weighted by Gasteiger charge is -2.28. The zero-order valence-corrected chi connectivity index (χ0v) is 26.8. The first-order valence-corrected chi connectivity index (χ1v) is 14.9. The van der Waals surface area contributed by atoms with Gasteiger partial charge in [-0.2, -0.15) is 5.26 Å². The lowest BCUT2D eigenvalue weighted by atomic mass is 9.99. The van der Waals surface area contributed by atoms with Gasteiger partial charge >= 0.3 is 12.0 Å². The van der Waals surface area contributed by atoms with E-state index in [1.54, 1.807) is 107 Å². The molecular formula is C36H32ClFN4O4. The molecule has 234 valence electrons. The quantitative estimate of drug-likeness (QED) is 0.161. The molecule has 1 aliphatic heterocycles. The Morgan fingerprint density at radius 1 is 0.978 bits per heavy atom. The zero-order valence-electron chi connectivity index (χ0n) is 26.0. The fraction of sp³-hybridized carbons (Fsp3) is 0.222. The number of nitrogens with zero attached hydrogens (tertiary/aromatic N) is 3. The van der Waals surface area contributed by atoms with E-state index in [-0.39, 0.29) is 6.54 Å². The fourth-order valence-corrected chi connectivity index (χ4v) is 5.25. The number of amides is 3. The monoisotopic (exact) mass is 638 g/mol. The van der Waals surface area contributed by atoms with Crippen LogP contribution in [0.5, 0.6) is 0 Å². The van der Waals surface area contributed by atoms with Crippen molar-refractivity contribution >= 4 is 46.6 Å². The van der Waals surface area contributed by atoms with E-state index in [9.17, 15) is 24.0 Å². The molecule has 0 unspecified atom stereocenters. The van der Waals surface area contributed by atoms with Crippen LogP contribution >= 0.6 is 11.6 Å². The van der Waals surface area contributed by atoms with Crippen molar-refractivity contribution in [2.45, 2.75) is 52.3 Å². The Bertz CT molecular complexity index is 1880. The van der Waals surface area contributed by atoms with Gasteiger partial charge < -0.3 is 15.0 Å². The van der Waals surface area contributed by atoms with E-state index in [2.05, 4.69) is 11.4 Å². The number of benzene rings is 4. The summed E-state index contributed by atoms with van der Waals surface area (Å²) in [5, 5.41) is 13.4. The lowest BCUT2D eigenvalue weighted by molar-refractivity contribution is -0.123. The first-order valence-electron chi connectivity index (χ1n) is 14.5. The molecule has 0 bridgehead atoms. The minimum atomic E-state index is -1.24. The largest absolute Gasteiger partial charge is 0.456 e. The van der Waals surface area contributed by atoms with Crippen LogP contribution in [0.1, 0.15) is 56.1 Å². The molecule has 0 spiro atoms. The minimum absolute atomic E-state index is 0.00695. The molecule has 1 fully saturated rings. The van der Waals surface area contributed by atoms with Gasteiger partial charge in [-0.25, -0.2) is 18.9 Å². The van der Waals surface area contributed by atoms with Crippen molar-refractivity contribution in [1.82, 2.24) is 4.90 Å². The number of carbonyl (C=O) groups is 3. The molecular weight excluding hydrogens is 607 g/mol. The van der Waals surface area contributed by atoms with Crippen LogP contribution in [-0.4, -0.2) is 33.9 Å². The molecule has 4 aromatic rings. The van der Waals surface area contributed by atoms with Crippen molar-refractivity contribution < 1.29 is 23.5 Å². The highest BCUT2D eigenvalue weighted by atomic mass is 35.5. The molecule has 0 aromatic heterocycles. The van der Waals surface area contributed by atoms with Gasteiger partial charge in [-0.05, 0) is 112 Å². The van der Waals surface area contributed by atoms with Crippen LogP contribution in [0, 0.1) is 17.1 Å². The number of nitriles is 1. The molecule has 1 heterocycles. The van der Waals surface area contributed by atoms with Crippen molar-refractivity contribution in [2.75, 3.05) is 10.2 Å². The molecule has 10 heteroatoms. The highest BCUT2D eigenvalue weighted by molar-refractivity contribution is 6.30. The summed E-state index contributed by atoms with van der Waals surface area (Å²) < 4.78 is 19.9. The molecule has 0 saturated carbocycles. The first-order chi connectivity index (χ1) is 21.7. The Morgan fingerprint density at radius 3 is 2.28 bits per heavy atom. The van der Waals surface area contributed by atoms with Gasteiger partial charge in [0, 0.05) is 22.0 Å². The van der Waals surface area contributed by atoms with E-state index in [4.69, 9.17) is 16.3 Å². The Morgan fingerprint density at radius 2 is 1.65 bits per heavy atom. The van der Waals surface area contributed by atoms with Gasteiger partial charge in [0.25, 0.3) is 5.91 Å². The molecule has 5 rings (SSSR count). The predicted octanol–water partition coefficient (Wildman–Crippen LogP) is 8.46. The van der Waals surface area contributed by atoms with Gasteiger partial charge in [0.1, 0.15) is 17.0 Å². The van der Waals surface area contributed by atoms with Crippen LogP contribution in [0.2, 0.25) is 5.02 Å². The van der Waals surface area contributed by atoms with Crippen LogP contribution in [0.3, 0.4) is 0 Å². The highest BCUT2D eigenvalue weighted by Gasteiger charge is 2.52. The summed E-state index contributed by atoms with van der Waals surface area (Å²) in [6.45, 7) is 8.66. The summed E-state index contributed by atoms with van der Waals surface area (Å²) in [5.74, 6) is -1.40. The van der Waals surface area contributed by atoms with Crippen molar-refractivity contribution in [1.29, 1.82) is 5.26 Å². The number of anilines is 3. The topological polar surface area (TPSA) is 103 Å². The van der Waals surface area contributed by atoms with E-state index in [1.165, 1.54) is 17.0 Å². The molecule has 1 N–H and O–H groups in total. The van der Waals surface area contributed by atoms with Crippen molar-refractivity contribution in [3.63, 3.8) is 0 Å². The Labute approximate surface area is 272 Å². The van der Waals surface area contributed by atoms with E-state index < -0.39 is 34.9 Å². The lowest BCUT2D eigenvalue weighted by Crippen LogP contribution is -2.43. The second-order valence-electron chi connectivity index (χ2n) is 12.4. The normalized spacial score (nSPS) is 14.3. The predicted molar refractivity (Wildman–Crippen MR) is 175 cm³/mol. The van der Waals surface area contributed by atoms with E-state index in [0.29, 0.717) is 49.9 Å². The molecule has 8 nitrogen and oxygen atoms in total. The minimum Gasteiger partial charge on any atom is -0.456 e. The third kappa shape index (κ3) is 6.58. The van der Waals surface area contributed by atoms with Crippen molar-refractivity contribution in [2.24, 2.45) is 0 Å². The highest BCUT2D eigenvalue weighted by Crippen LogP contribution is 2.37. The summed E-state index contributed by atoms with van der Waals surface area (Å²) in [6, 6.07) is 24.0. The van der Waals surface area contributed by atoms with Crippen LogP contribution < -0.4 is 10.2 Å². The second-order valence-corrected chi connectivity index (χ2v) is 12.9. The third-order valence-electron chi connectivity index (χ3n) is 7.56. The van der Waals surface area contributed by atoms with E-state index >= 15 is 0 Å². The van der Waals surface area contributed by atoms with Crippen LogP contribution in [-0.2, 0) is 16.1 Å². The molecule has 0 atom stereocenters. The second kappa shape index (κ2) is 12.3. The number of imide groups is 1. The molecule has 4 aromatic carbocycles. The maximum Gasteiger partial charge on any atom is 0.338 e. The van der Waals surface area contributed by atoms with Gasteiger partial charge in [0.05, 0.1) is 29.4 Å². The Kier molecular flexibility index (Phi) is 8.61. The smallest absolute Gasteiger partial charge is 0.338 e. The van der Waals surface area contributed by atoms with E-state index in [1.807, 2.05) is 0 Å². The number of hydrogen-bond acceptors (Lipinski definition) is 6. The van der Waals surface area contributed by atoms with Gasteiger partial charge in [-0.3, -0.25) is 4.79 Å². The fourth-order valence-electron chi connectivity index (χ4n) is 5.12. The number of ether oxygens (including phenoxy) is 1. The molecule has 1 saturated heterocycles. The summed E-state index contributed by atoms with van der Waals surface area (Å²) in [7, 11) is 0. The number of carbonyl (C=O) groups excluding carboxylic acids is 3. The SMILES string of the molecule is CC(C)(C)OC(=O)c1ccc(Nc2cc(F)ccc2CN2C(=O)N(c3ccc(C#N)c(-c4ccc(Cl)cc4)c3)C(=O)C2(C)C)cc1. The van der Waals surface area contributed by atoms with Crippen LogP contribution in [0.15, 0.2) is 84.9 Å². The number of urea groups is 1. The van der Waals surface area contributed by atoms with Crippen LogP contribution in [0.4, 0.5) is 26.2 Å². The average molecular weight is 639 g/mol. The molecule has 0 radical (unpaired) electrons. The number of rotatable bonds is 7. The van der Waals surface area contributed by atoms with Crippen molar-refractivity contribution in [3.05, 3.63) is 112 Å². The summed E-state index contributed by atoms with van der Waals surface area (Å²) in [5.41, 5.74) is 1.97. The summed E-state index contributed by atoms with van der Waals surface area (Å²) >= 11 is 6.05. The maximum absolute atomic E-state index is 14.5. The maximum atomic E-state index is 14.5. The molecule has 0 aliphatic carbocycles. The molecule has 1 aliphatic rings. The number of nitrogens with one attached hydrogen (secondary N) is 1. The standard InChI is InChI=1S/C36H32ClFN4O4/c1-35(2,3)46-32(43)23-9-15-28(16-10-23)40-31-18-27(38)14-8-25(31)21-41-34(45)42(33(44)36(41,4)5)29-17-11-24(20-39)30(19-29)22-6-12-26(37)13-7-22/h6-19,40H,21H2,1-5H3. The summed E-state index contributed by atoms with van der Waals surface area (Å²) in [6.07, 6.45) is 0. The summed E-state index contributed by atoms with van der Waals surface area (Å²) in [4.78, 5) is 42.6. The number of hydrogen-bond donors (Lipinski definition) is 1. The van der Waals surface area contributed by atoms with Gasteiger partial charge in [-0.15, -0.1) is 0 Å². The number of halogens is 2. The molecule has 3 amide bonds. The van der Waals surface area contributed by atoms with Gasteiger partial charge in [-0.1, -0.05) is 29.8 Å². The van der Waals surface area contributed by atoms with Crippen LogP contribution in [0.25, 0.3) is 11.1 Å². The van der Waals surface area contributed by atoms with Crippen molar-refractivity contribution in [3.8, 4) is 17.2 Å². The Balaban J connectivity index is 1.42. The zero-order chi connectivity index (χ0) is 33.4. The molecule has 46 heavy (non-hydrogen) atoms. The first kappa shape index (κ1) is 32.2. The Hall–Kier alpha value is -5.20. The third-order valence-corrected chi connectivity index (χ3v) is 7.81.